The van der Waals surface area contributed by atoms with Gasteiger partial charge in [-0.25, -0.2) is 0 Å². The lowest BCUT2D eigenvalue weighted by Crippen LogP contribution is -2.60. The number of allylic oxidation sites excluding steroid dienone is 2. The second-order valence-electron chi connectivity index (χ2n) is 6.26. The molecule has 1 fully saturated rings. The fourth-order valence-corrected chi connectivity index (χ4v) is 2.42. The Morgan fingerprint density at radius 2 is 1.83 bits per heavy atom. The summed E-state index contributed by atoms with van der Waals surface area (Å²) in [6.45, 7) is 5.13. The average Bonchev–Trinajstić information content (AvgIpc) is 2.47. The Hall–Kier alpha value is -0.960. The molecule has 6 atom stereocenters. The molecule has 0 aromatic heterocycles. The van der Waals surface area contributed by atoms with Gasteiger partial charge in [0.05, 0.1) is 18.5 Å². The third kappa shape index (κ3) is 5.56. The smallest absolute Gasteiger partial charge is 0.187 e. The summed E-state index contributed by atoms with van der Waals surface area (Å²) in [6.07, 6.45) is -1.18. The lowest BCUT2D eigenvalue weighted by molar-refractivity contribution is -0.319. The van der Waals surface area contributed by atoms with E-state index in [9.17, 15) is 20.4 Å². The second kappa shape index (κ2) is 8.77. The SMILES string of the molecule is CC(C)=CCCC(C)(C=CO)OC1O[C@H](CO)[C@@H](O)[C@H](O)[C@H]1O. The lowest BCUT2D eigenvalue weighted by atomic mass is 9.96. The molecule has 0 spiro atoms. The molecule has 1 saturated heterocycles. The van der Waals surface area contributed by atoms with Crippen molar-refractivity contribution in [3.8, 4) is 0 Å². The van der Waals surface area contributed by atoms with Gasteiger partial charge in [0.15, 0.2) is 6.29 Å². The molecule has 7 heteroatoms. The minimum Gasteiger partial charge on any atom is -0.516 e. The summed E-state index contributed by atoms with van der Waals surface area (Å²) < 4.78 is 11.1. The van der Waals surface area contributed by atoms with Crippen molar-refractivity contribution in [1.29, 1.82) is 0 Å². The van der Waals surface area contributed by atoms with E-state index >= 15 is 0 Å². The van der Waals surface area contributed by atoms with E-state index in [1.165, 1.54) is 6.08 Å². The molecular weight excluding hydrogens is 304 g/mol. The first-order valence-corrected chi connectivity index (χ1v) is 7.67. The molecule has 1 rings (SSSR count). The molecule has 0 aromatic carbocycles. The number of aliphatic hydroxyl groups excluding tert-OH is 5. The van der Waals surface area contributed by atoms with Crippen molar-refractivity contribution in [2.45, 2.75) is 69.9 Å². The Kier molecular flexibility index (Phi) is 7.66. The normalized spacial score (nSPS) is 34.3. The van der Waals surface area contributed by atoms with E-state index in [4.69, 9.17) is 14.6 Å². The minimum atomic E-state index is -1.49. The van der Waals surface area contributed by atoms with Gasteiger partial charge in [0, 0.05) is 0 Å². The van der Waals surface area contributed by atoms with Gasteiger partial charge < -0.3 is 35.0 Å². The zero-order valence-electron chi connectivity index (χ0n) is 13.8. The number of aliphatic hydroxyl groups is 5. The molecule has 2 unspecified atom stereocenters. The molecule has 134 valence electrons. The average molecular weight is 332 g/mol. The maximum absolute atomic E-state index is 10.0. The Balaban J connectivity index is 2.83. The first-order chi connectivity index (χ1) is 10.7. The van der Waals surface area contributed by atoms with Crippen LogP contribution in [0.2, 0.25) is 0 Å². The van der Waals surface area contributed by atoms with Gasteiger partial charge >= 0.3 is 0 Å². The monoisotopic (exact) mass is 332 g/mol. The van der Waals surface area contributed by atoms with E-state index in [1.807, 2.05) is 19.9 Å². The van der Waals surface area contributed by atoms with Gasteiger partial charge in [-0.1, -0.05) is 11.6 Å². The van der Waals surface area contributed by atoms with E-state index in [0.29, 0.717) is 12.8 Å². The maximum Gasteiger partial charge on any atom is 0.187 e. The predicted molar refractivity (Wildman–Crippen MR) is 83.7 cm³/mol. The highest BCUT2D eigenvalue weighted by Crippen LogP contribution is 2.29. The van der Waals surface area contributed by atoms with Crippen molar-refractivity contribution in [3.05, 3.63) is 24.0 Å². The number of hydrogen-bond acceptors (Lipinski definition) is 7. The minimum absolute atomic E-state index is 0.504. The molecule has 1 aliphatic heterocycles. The Labute approximate surface area is 136 Å². The number of hydrogen-bond donors (Lipinski definition) is 5. The van der Waals surface area contributed by atoms with E-state index < -0.39 is 42.9 Å². The highest BCUT2D eigenvalue weighted by atomic mass is 16.7. The van der Waals surface area contributed by atoms with E-state index in [1.54, 1.807) is 6.92 Å². The molecule has 7 nitrogen and oxygen atoms in total. The first-order valence-electron chi connectivity index (χ1n) is 7.67. The number of ether oxygens (including phenoxy) is 2. The Bertz CT molecular complexity index is 417. The van der Waals surface area contributed by atoms with Crippen molar-refractivity contribution >= 4 is 0 Å². The van der Waals surface area contributed by atoms with Gasteiger partial charge in [-0.3, -0.25) is 0 Å². The summed E-state index contributed by atoms with van der Waals surface area (Å²) in [5.41, 5.74) is 0.196. The molecule has 0 aromatic rings. The summed E-state index contributed by atoms with van der Waals surface area (Å²) in [4.78, 5) is 0. The second-order valence-corrected chi connectivity index (χ2v) is 6.26. The summed E-state index contributed by atoms with van der Waals surface area (Å²) in [5, 5.41) is 47.9. The largest absolute Gasteiger partial charge is 0.516 e. The molecule has 0 radical (unpaired) electrons. The van der Waals surface area contributed by atoms with Crippen LogP contribution in [0.3, 0.4) is 0 Å². The molecule has 0 saturated carbocycles. The van der Waals surface area contributed by atoms with E-state index in [0.717, 1.165) is 11.8 Å². The molecule has 1 heterocycles. The van der Waals surface area contributed by atoms with Gasteiger partial charge in [0.2, 0.25) is 0 Å². The van der Waals surface area contributed by atoms with Gasteiger partial charge in [-0.15, -0.1) is 0 Å². The van der Waals surface area contributed by atoms with Crippen LogP contribution in [0.15, 0.2) is 24.0 Å². The molecule has 23 heavy (non-hydrogen) atoms. The van der Waals surface area contributed by atoms with Crippen LogP contribution in [-0.2, 0) is 9.47 Å². The highest BCUT2D eigenvalue weighted by Gasteiger charge is 2.46. The predicted octanol–water partition coefficient (Wildman–Crippen LogP) is 0.380. The van der Waals surface area contributed by atoms with Crippen LogP contribution in [0.5, 0.6) is 0 Å². The maximum atomic E-state index is 10.0. The zero-order chi connectivity index (χ0) is 17.6. The van der Waals surface area contributed by atoms with Gasteiger partial charge in [0.25, 0.3) is 0 Å². The Morgan fingerprint density at radius 1 is 1.17 bits per heavy atom. The summed E-state index contributed by atoms with van der Waals surface area (Å²) >= 11 is 0. The van der Waals surface area contributed by atoms with Crippen molar-refractivity contribution in [2.24, 2.45) is 0 Å². The lowest BCUT2D eigenvalue weighted by Gasteiger charge is -2.42. The van der Waals surface area contributed by atoms with Crippen LogP contribution < -0.4 is 0 Å². The van der Waals surface area contributed by atoms with Crippen LogP contribution in [0, 0.1) is 0 Å². The number of rotatable bonds is 7. The van der Waals surface area contributed by atoms with Crippen molar-refractivity contribution < 1.29 is 35.0 Å². The van der Waals surface area contributed by atoms with Crippen molar-refractivity contribution in [2.75, 3.05) is 6.61 Å². The van der Waals surface area contributed by atoms with Gasteiger partial charge in [-0.2, -0.15) is 0 Å². The molecule has 0 amide bonds. The molecule has 0 bridgehead atoms. The zero-order valence-corrected chi connectivity index (χ0v) is 13.8. The molecular formula is C16H28O7. The molecule has 1 aliphatic rings. The van der Waals surface area contributed by atoms with Crippen LogP contribution >= 0.6 is 0 Å². The third-order valence-electron chi connectivity index (χ3n) is 3.85. The summed E-state index contributed by atoms with van der Waals surface area (Å²) in [6, 6.07) is 0. The summed E-state index contributed by atoms with van der Waals surface area (Å²) in [5.74, 6) is 0. The van der Waals surface area contributed by atoms with Crippen LogP contribution in [0.25, 0.3) is 0 Å². The van der Waals surface area contributed by atoms with E-state index in [2.05, 4.69) is 0 Å². The molecule has 0 aliphatic carbocycles. The van der Waals surface area contributed by atoms with Crippen LogP contribution in [-0.4, -0.2) is 68.4 Å². The highest BCUT2D eigenvalue weighted by molar-refractivity contribution is 5.01. The van der Waals surface area contributed by atoms with Gasteiger partial charge in [0.1, 0.15) is 24.4 Å². The fraction of sp³-hybridized carbons (Fsp3) is 0.750. The third-order valence-corrected chi connectivity index (χ3v) is 3.85. The quantitative estimate of drug-likeness (QED) is 0.338. The first kappa shape index (κ1) is 20.1. The van der Waals surface area contributed by atoms with Gasteiger partial charge in [-0.05, 0) is 39.7 Å². The van der Waals surface area contributed by atoms with Crippen molar-refractivity contribution in [3.63, 3.8) is 0 Å². The standard InChI is InChI=1S/C16H28O7/c1-10(2)5-4-6-16(3,7-8-17)23-15-14(21)13(20)12(19)11(9-18)22-15/h5,7-8,11-15,17-21H,4,6,9H2,1-3H3/t11-,12-,13+,14-,15?,16?/m1/s1. The van der Waals surface area contributed by atoms with Crippen LogP contribution in [0.4, 0.5) is 0 Å². The van der Waals surface area contributed by atoms with Crippen LogP contribution in [0.1, 0.15) is 33.6 Å². The summed E-state index contributed by atoms with van der Waals surface area (Å²) in [7, 11) is 0. The fourth-order valence-electron chi connectivity index (χ4n) is 2.42. The topological polar surface area (TPSA) is 120 Å². The Morgan fingerprint density at radius 3 is 2.35 bits per heavy atom. The van der Waals surface area contributed by atoms with Crippen molar-refractivity contribution in [1.82, 2.24) is 0 Å². The van der Waals surface area contributed by atoms with E-state index in [-0.39, 0.29) is 0 Å². The molecule has 5 N–H and O–H groups in total.